The topological polar surface area (TPSA) is 48.1 Å². The fourth-order valence-corrected chi connectivity index (χ4v) is 3.10. The first-order valence-corrected chi connectivity index (χ1v) is 8.33. The molecule has 0 spiro atoms. The van der Waals surface area contributed by atoms with Crippen LogP contribution in [-0.2, 0) is 4.79 Å². The standard InChI is InChI=1S/C17H26N4O2/c1-19(2)8-3-9-21-15-12-14(20-10-6-18-7-11-20)4-5-16(15)23-13-17(21)22/h4-5,12,18H,3,6-11,13H2,1-2H3. The number of ether oxygens (including phenoxy) is 1. The van der Waals surface area contributed by atoms with Gasteiger partial charge in [0.05, 0.1) is 5.69 Å². The molecule has 0 unspecified atom stereocenters. The van der Waals surface area contributed by atoms with Crippen LogP contribution in [0.2, 0.25) is 0 Å². The Morgan fingerprint density at radius 2 is 2.04 bits per heavy atom. The van der Waals surface area contributed by atoms with Crippen molar-refractivity contribution >= 4 is 17.3 Å². The summed E-state index contributed by atoms with van der Waals surface area (Å²) in [6.07, 6.45) is 0.954. The number of hydrogen-bond donors (Lipinski definition) is 1. The summed E-state index contributed by atoms with van der Waals surface area (Å²) < 4.78 is 5.60. The van der Waals surface area contributed by atoms with Gasteiger partial charge in [0.25, 0.3) is 5.91 Å². The van der Waals surface area contributed by atoms with E-state index in [2.05, 4.69) is 41.3 Å². The number of benzene rings is 1. The van der Waals surface area contributed by atoms with Crippen molar-refractivity contribution in [2.24, 2.45) is 0 Å². The van der Waals surface area contributed by atoms with Gasteiger partial charge in [-0.05, 0) is 45.3 Å². The van der Waals surface area contributed by atoms with E-state index in [1.165, 1.54) is 5.69 Å². The molecule has 2 aliphatic rings. The largest absolute Gasteiger partial charge is 0.482 e. The first kappa shape index (κ1) is 16.1. The van der Waals surface area contributed by atoms with Crippen molar-refractivity contribution < 1.29 is 9.53 Å². The molecule has 126 valence electrons. The Morgan fingerprint density at radius 1 is 1.26 bits per heavy atom. The molecule has 1 N–H and O–H groups in total. The molecule has 0 saturated carbocycles. The van der Waals surface area contributed by atoms with Gasteiger partial charge in [0.1, 0.15) is 5.75 Å². The molecule has 0 radical (unpaired) electrons. The maximum absolute atomic E-state index is 12.3. The first-order chi connectivity index (χ1) is 11.1. The van der Waals surface area contributed by atoms with E-state index in [1.54, 1.807) is 0 Å². The van der Waals surface area contributed by atoms with E-state index in [0.29, 0.717) is 0 Å². The fourth-order valence-electron chi connectivity index (χ4n) is 3.10. The molecule has 6 heteroatoms. The highest BCUT2D eigenvalue weighted by Crippen LogP contribution is 2.35. The highest BCUT2D eigenvalue weighted by Gasteiger charge is 2.26. The van der Waals surface area contributed by atoms with Crippen LogP contribution in [-0.4, -0.2) is 70.8 Å². The summed E-state index contributed by atoms with van der Waals surface area (Å²) in [7, 11) is 4.11. The number of hydrogen-bond acceptors (Lipinski definition) is 5. The Labute approximate surface area is 138 Å². The maximum atomic E-state index is 12.3. The van der Waals surface area contributed by atoms with Crippen LogP contribution in [0.3, 0.4) is 0 Å². The van der Waals surface area contributed by atoms with E-state index in [9.17, 15) is 4.79 Å². The molecule has 1 saturated heterocycles. The zero-order valence-corrected chi connectivity index (χ0v) is 14.0. The highest BCUT2D eigenvalue weighted by atomic mass is 16.5. The Hall–Kier alpha value is -1.79. The number of piperazine rings is 1. The monoisotopic (exact) mass is 318 g/mol. The Kier molecular flexibility index (Phi) is 5.03. The molecule has 2 heterocycles. The van der Waals surface area contributed by atoms with Crippen LogP contribution in [0.15, 0.2) is 18.2 Å². The molecule has 3 rings (SSSR count). The third-order valence-corrected chi connectivity index (χ3v) is 4.35. The summed E-state index contributed by atoms with van der Waals surface area (Å²) in [5.74, 6) is 0.863. The van der Waals surface area contributed by atoms with Gasteiger partial charge in [-0.2, -0.15) is 0 Å². The van der Waals surface area contributed by atoms with Gasteiger partial charge in [0.15, 0.2) is 6.61 Å². The third kappa shape index (κ3) is 3.76. The average molecular weight is 318 g/mol. The number of amides is 1. The second kappa shape index (κ2) is 7.19. The minimum atomic E-state index is 0.0497. The van der Waals surface area contributed by atoms with Gasteiger partial charge in [-0.15, -0.1) is 0 Å². The van der Waals surface area contributed by atoms with Gasteiger partial charge in [0.2, 0.25) is 0 Å². The minimum absolute atomic E-state index is 0.0497. The normalized spacial score (nSPS) is 18.1. The number of carbonyl (C=O) groups is 1. The van der Waals surface area contributed by atoms with E-state index in [-0.39, 0.29) is 12.5 Å². The molecule has 1 aromatic carbocycles. The summed E-state index contributed by atoms with van der Waals surface area (Å²) in [6.45, 7) is 5.83. The van der Waals surface area contributed by atoms with Crippen molar-refractivity contribution in [1.82, 2.24) is 10.2 Å². The maximum Gasteiger partial charge on any atom is 0.265 e. The van der Waals surface area contributed by atoms with Crippen LogP contribution in [0.5, 0.6) is 5.75 Å². The zero-order valence-electron chi connectivity index (χ0n) is 14.0. The number of nitrogens with one attached hydrogen (secondary N) is 1. The van der Waals surface area contributed by atoms with E-state index in [0.717, 1.165) is 57.1 Å². The first-order valence-electron chi connectivity index (χ1n) is 8.33. The average Bonchev–Trinajstić information content (AvgIpc) is 2.57. The van der Waals surface area contributed by atoms with Gasteiger partial charge in [-0.3, -0.25) is 4.79 Å². The van der Waals surface area contributed by atoms with Crippen LogP contribution >= 0.6 is 0 Å². The second-order valence-corrected chi connectivity index (χ2v) is 6.38. The van der Waals surface area contributed by atoms with Crippen molar-refractivity contribution in [1.29, 1.82) is 0 Å². The van der Waals surface area contributed by atoms with Gasteiger partial charge in [-0.1, -0.05) is 0 Å². The molecule has 1 amide bonds. The molecule has 0 aliphatic carbocycles. The number of rotatable bonds is 5. The minimum Gasteiger partial charge on any atom is -0.482 e. The summed E-state index contributed by atoms with van der Waals surface area (Å²) in [6, 6.07) is 6.20. The van der Waals surface area contributed by atoms with Crippen molar-refractivity contribution in [2.45, 2.75) is 6.42 Å². The fraction of sp³-hybridized carbons (Fsp3) is 0.588. The van der Waals surface area contributed by atoms with Crippen molar-refractivity contribution in [3.63, 3.8) is 0 Å². The second-order valence-electron chi connectivity index (χ2n) is 6.38. The predicted octanol–water partition coefficient (Wildman–Crippen LogP) is 0.773. The predicted molar refractivity (Wildman–Crippen MR) is 92.5 cm³/mol. The molecule has 23 heavy (non-hydrogen) atoms. The molecule has 2 aliphatic heterocycles. The molecular formula is C17H26N4O2. The third-order valence-electron chi connectivity index (χ3n) is 4.35. The SMILES string of the molecule is CN(C)CCCN1C(=O)COc2ccc(N3CCNCC3)cc21. The van der Waals surface area contributed by atoms with Gasteiger partial charge >= 0.3 is 0 Å². The quantitative estimate of drug-likeness (QED) is 0.869. The summed E-state index contributed by atoms with van der Waals surface area (Å²) in [5, 5.41) is 3.37. The van der Waals surface area contributed by atoms with Crippen LogP contribution in [0.1, 0.15) is 6.42 Å². The van der Waals surface area contributed by atoms with Gasteiger partial charge < -0.3 is 24.8 Å². The summed E-state index contributed by atoms with van der Waals surface area (Å²) in [5.41, 5.74) is 2.08. The molecule has 0 bridgehead atoms. The Balaban J connectivity index is 1.79. The molecule has 0 atom stereocenters. The molecule has 6 nitrogen and oxygen atoms in total. The number of fused-ring (bicyclic) bond motifs is 1. The van der Waals surface area contributed by atoms with E-state index >= 15 is 0 Å². The van der Waals surface area contributed by atoms with Crippen LogP contribution < -0.4 is 19.9 Å². The van der Waals surface area contributed by atoms with E-state index in [1.807, 2.05) is 11.0 Å². The van der Waals surface area contributed by atoms with Crippen molar-refractivity contribution in [3.05, 3.63) is 18.2 Å². The van der Waals surface area contributed by atoms with Crippen molar-refractivity contribution in [3.8, 4) is 5.75 Å². The summed E-state index contributed by atoms with van der Waals surface area (Å²) in [4.78, 5) is 18.7. The lowest BCUT2D eigenvalue weighted by atomic mass is 10.1. The lowest BCUT2D eigenvalue weighted by Crippen LogP contribution is -2.44. The highest BCUT2D eigenvalue weighted by molar-refractivity contribution is 5.98. The summed E-state index contributed by atoms with van der Waals surface area (Å²) >= 11 is 0. The molecule has 1 fully saturated rings. The van der Waals surface area contributed by atoms with Crippen LogP contribution in [0.25, 0.3) is 0 Å². The van der Waals surface area contributed by atoms with Gasteiger partial charge in [0, 0.05) is 38.4 Å². The van der Waals surface area contributed by atoms with E-state index in [4.69, 9.17) is 4.74 Å². The Bertz CT molecular complexity index is 556. The smallest absolute Gasteiger partial charge is 0.265 e. The lowest BCUT2D eigenvalue weighted by Gasteiger charge is -2.33. The van der Waals surface area contributed by atoms with Crippen LogP contribution in [0.4, 0.5) is 11.4 Å². The Morgan fingerprint density at radius 3 is 2.78 bits per heavy atom. The molecule has 0 aromatic heterocycles. The number of nitrogens with zero attached hydrogens (tertiary/aromatic N) is 3. The zero-order chi connectivity index (χ0) is 16.2. The van der Waals surface area contributed by atoms with E-state index < -0.39 is 0 Å². The number of carbonyl (C=O) groups excluding carboxylic acids is 1. The van der Waals surface area contributed by atoms with Crippen molar-refractivity contribution in [2.75, 3.05) is 69.8 Å². The number of anilines is 2. The molecule has 1 aromatic rings. The van der Waals surface area contributed by atoms with Crippen LogP contribution in [0, 0.1) is 0 Å². The van der Waals surface area contributed by atoms with Gasteiger partial charge in [-0.25, -0.2) is 0 Å². The lowest BCUT2D eigenvalue weighted by molar-refractivity contribution is -0.121. The molecular weight excluding hydrogens is 292 g/mol.